The molecule has 2 aromatic rings. The number of amides is 1. The first-order valence-electron chi connectivity index (χ1n) is 7.81. The van der Waals surface area contributed by atoms with E-state index in [0.717, 1.165) is 16.1 Å². The molecule has 0 saturated heterocycles. The molecule has 0 bridgehead atoms. The van der Waals surface area contributed by atoms with Gasteiger partial charge in [0.15, 0.2) is 0 Å². The van der Waals surface area contributed by atoms with Gasteiger partial charge in [0.05, 0.1) is 12.8 Å². The van der Waals surface area contributed by atoms with Crippen LogP contribution in [0.4, 0.5) is 10.1 Å². The molecule has 7 heteroatoms. The van der Waals surface area contributed by atoms with Gasteiger partial charge in [-0.2, -0.15) is 4.31 Å². The quantitative estimate of drug-likeness (QED) is 0.821. The molecule has 0 aliphatic carbocycles. The Bertz CT molecular complexity index is 853. The number of carbonyl (C=O) groups excluding carboxylic acids is 1. The molecule has 0 saturated carbocycles. The minimum Gasteiger partial charge on any atom is -0.325 e. The Morgan fingerprint density at radius 2 is 1.76 bits per heavy atom. The van der Waals surface area contributed by atoms with Gasteiger partial charge in [-0.3, -0.25) is 4.79 Å². The Morgan fingerprint density at radius 3 is 2.40 bits per heavy atom. The van der Waals surface area contributed by atoms with Gasteiger partial charge in [-0.25, -0.2) is 12.8 Å². The average Bonchev–Trinajstić information content (AvgIpc) is 2.54. The number of hydrogen-bond donors (Lipinski definition) is 1. The second kappa shape index (κ2) is 8.22. The Labute approximate surface area is 147 Å². The van der Waals surface area contributed by atoms with Crippen molar-refractivity contribution < 1.29 is 17.6 Å². The van der Waals surface area contributed by atoms with Crippen LogP contribution in [0, 0.1) is 12.7 Å². The van der Waals surface area contributed by atoms with E-state index in [1.807, 2.05) is 19.1 Å². The average molecular weight is 364 g/mol. The highest BCUT2D eigenvalue weighted by atomic mass is 32.2. The Balaban J connectivity index is 2.04. The summed E-state index contributed by atoms with van der Waals surface area (Å²) in [7, 11) is -3.60. The molecule has 25 heavy (non-hydrogen) atoms. The van der Waals surface area contributed by atoms with E-state index in [4.69, 9.17) is 0 Å². The summed E-state index contributed by atoms with van der Waals surface area (Å²) in [6.45, 7) is 1.56. The number of nitrogens with zero attached hydrogens (tertiary/aromatic N) is 1. The molecular formula is C18H21FN2O3S. The number of nitrogens with one attached hydrogen (secondary N) is 1. The molecular weight excluding hydrogens is 343 g/mol. The van der Waals surface area contributed by atoms with Crippen LogP contribution in [-0.4, -0.2) is 38.0 Å². The highest BCUT2D eigenvalue weighted by molar-refractivity contribution is 7.88. The zero-order valence-corrected chi connectivity index (χ0v) is 15.0. The fourth-order valence-corrected chi connectivity index (χ4v) is 3.15. The van der Waals surface area contributed by atoms with Crippen LogP contribution in [0.1, 0.15) is 11.1 Å². The molecule has 0 heterocycles. The predicted molar refractivity (Wildman–Crippen MR) is 96.3 cm³/mol. The number of rotatable bonds is 7. The van der Waals surface area contributed by atoms with E-state index in [0.29, 0.717) is 11.3 Å². The van der Waals surface area contributed by atoms with Gasteiger partial charge in [0.2, 0.25) is 15.9 Å². The molecule has 0 fully saturated rings. The summed E-state index contributed by atoms with van der Waals surface area (Å²) >= 11 is 0. The minimum atomic E-state index is -3.60. The predicted octanol–water partition coefficient (Wildman–Crippen LogP) is 2.58. The van der Waals surface area contributed by atoms with Crippen molar-refractivity contribution in [1.29, 1.82) is 0 Å². The Morgan fingerprint density at radius 1 is 1.12 bits per heavy atom. The SMILES string of the molecule is Cc1ccccc1NC(=O)CN(CCc1ccccc1F)S(C)(=O)=O. The first-order chi connectivity index (χ1) is 11.8. The number of anilines is 1. The van der Waals surface area contributed by atoms with E-state index in [-0.39, 0.29) is 25.3 Å². The highest BCUT2D eigenvalue weighted by Crippen LogP contribution is 2.14. The maximum absolute atomic E-state index is 13.7. The molecule has 1 N–H and O–H groups in total. The molecule has 0 spiro atoms. The van der Waals surface area contributed by atoms with E-state index in [9.17, 15) is 17.6 Å². The lowest BCUT2D eigenvalue weighted by molar-refractivity contribution is -0.116. The van der Waals surface area contributed by atoms with Crippen molar-refractivity contribution in [2.75, 3.05) is 24.7 Å². The van der Waals surface area contributed by atoms with Crippen LogP contribution in [0.3, 0.4) is 0 Å². The van der Waals surface area contributed by atoms with Gasteiger partial charge in [-0.1, -0.05) is 36.4 Å². The number of benzene rings is 2. The molecule has 0 aliphatic heterocycles. The first-order valence-corrected chi connectivity index (χ1v) is 9.66. The summed E-state index contributed by atoms with van der Waals surface area (Å²) in [4.78, 5) is 12.2. The third-order valence-electron chi connectivity index (χ3n) is 3.80. The Hall–Kier alpha value is -2.25. The van der Waals surface area contributed by atoms with E-state index in [1.165, 1.54) is 6.07 Å². The van der Waals surface area contributed by atoms with Crippen molar-refractivity contribution in [3.8, 4) is 0 Å². The van der Waals surface area contributed by atoms with Gasteiger partial charge in [0, 0.05) is 12.2 Å². The molecule has 1 amide bonds. The summed E-state index contributed by atoms with van der Waals surface area (Å²) in [5.74, 6) is -0.825. The van der Waals surface area contributed by atoms with Crippen LogP contribution in [0.25, 0.3) is 0 Å². The largest absolute Gasteiger partial charge is 0.325 e. The van der Waals surface area contributed by atoms with Crippen molar-refractivity contribution in [3.63, 3.8) is 0 Å². The summed E-state index contributed by atoms with van der Waals surface area (Å²) in [5.41, 5.74) is 1.93. The molecule has 134 valence electrons. The van der Waals surface area contributed by atoms with Crippen molar-refractivity contribution in [2.24, 2.45) is 0 Å². The van der Waals surface area contributed by atoms with Gasteiger partial charge in [-0.15, -0.1) is 0 Å². The summed E-state index contributed by atoms with van der Waals surface area (Å²) in [5, 5.41) is 2.70. The second-order valence-corrected chi connectivity index (χ2v) is 7.78. The number of carbonyl (C=O) groups is 1. The molecule has 0 unspecified atom stereocenters. The van der Waals surface area contributed by atoms with Crippen molar-refractivity contribution in [1.82, 2.24) is 4.31 Å². The highest BCUT2D eigenvalue weighted by Gasteiger charge is 2.20. The van der Waals surface area contributed by atoms with E-state index in [2.05, 4.69) is 5.32 Å². The summed E-state index contributed by atoms with van der Waals surface area (Å²) in [6, 6.07) is 13.4. The zero-order chi connectivity index (χ0) is 18.4. The number of hydrogen-bond acceptors (Lipinski definition) is 3. The van der Waals surface area contributed by atoms with E-state index >= 15 is 0 Å². The molecule has 0 aromatic heterocycles. The van der Waals surface area contributed by atoms with Crippen LogP contribution >= 0.6 is 0 Å². The van der Waals surface area contributed by atoms with Gasteiger partial charge in [-0.05, 0) is 36.6 Å². The lowest BCUT2D eigenvalue weighted by Gasteiger charge is -2.20. The number of para-hydroxylation sites is 1. The molecule has 2 rings (SSSR count). The van der Waals surface area contributed by atoms with Crippen LogP contribution in [0.15, 0.2) is 48.5 Å². The summed E-state index contributed by atoms with van der Waals surface area (Å²) in [6.07, 6.45) is 1.23. The number of aryl methyl sites for hydroxylation is 1. The standard InChI is InChI=1S/C18H21FN2O3S/c1-14-7-3-6-10-17(14)20-18(22)13-21(25(2,23)24)12-11-15-8-4-5-9-16(15)19/h3-10H,11-13H2,1-2H3,(H,20,22). The maximum Gasteiger partial charge on any atom is 0.239 e. The fourth-order valence-electron chi connectivity index (χ4n) is 2.37. The van der Waals surface area contributed by atoms with Crippen molar-refractivity contribution in [3.05, 3.63) is 65.5 Å². The zero-order valence-electron chi connectivity index (χ0n) is 14.2. The summed E-state index contributed by atoms with van der Waals surface area (Å²) < 4.78 is 38.6. The van der Waals surface area contributed by atoms with E-state index < -0.39 is 15.9 Å². The van der Waals surface area contributed by atoms with Crippen LogP contribution in [0.2, 0.25) is 0 Å². The number of halogens is 1. The first kappa shape index (κ1) is 19.1. The van der Waals surface area contributed by atoms with Crippen LogP contribution in [0.5, 0.6) is 0 Å². The molecule has 0 radical (unpaired) electrons. The Kier molecular flexibility index (Phi) is 6.27. The monoisotopic (exact) mass is 364 g/mol. The van der Waals surface area contributed by atoms with Crippen LogP contribution < -0.4 is 5.32 Å². The van der Waals surface area contributed by atoms with Gasteiger partial charge >= 0.3 is 0 Å². The molecule has 2 aromatic carbocycles. The number of sulfonamides is 1. The van der Waals surface area contributed by atoms with E-state index in [1.54, 1.807) is 30.3 Å². The minimum absolute atomic E-state index is 0.0287. The van der Waals surface area contributed by atoms with Crippen molar-refractivity contribution >= 4 is 21.6 Å². The molecule has 0 atom stereocenters. The lowest BCUT2D eigenvalue weighted by atomic mass is 10.1. The van der Waals surface area contributed by atoms with Gasteiger partial charge in [0.25, 0.3) is 0 Å². The smallest absolute Gasteiger partial charge is 0.239 e. The molecule has 0 aliphatic rings. The van der Waals surface area contributed by atoms with Crippen LogP contribution in [-0.2, 0) is 21.2 Å². The normalized spacial score (nSPS) is 11.5. The van der Waals surface area contributed by atoms with Crippen molar-refractivity contribution in [2.45, 2.75) is 13.3 Å². The second-order valence-electron chi connectivity index (χ2n) is 5.80. The third kappa shape index (κ3) is 5.65. The maximum atomic E-state index is 13.7. The third-order valence-corrected chi connectivity index (χ3v) is 5.05. The van der Waals surface area contributed by atoms with Gasteiger partial charge in [0.1, 0.15) is 5.82 Å². The van der Waals surface area contributed by atoms with Gasteiger partial charge < -0.3 is 5.32 Å². The molecule has 5 nitrogen and oxygen atoms in total. The lowest BCUT2D eigenvalue weighted by Crippen LogP contribution is -2.38. The topological polar surface area (TPSA) is 66.5 Å². The fraction of sp³-hybridized carbons (Fsp3) is 0.278.